The molecule has 6 heteroatoms. The van der Waals surface area contributed by atoms with Gasteiger partial charge in [-0.05, 0) is 30.4 Å². The van der Waals surface area contributed by atoms with Crippen molar-refractivity contribution < 1.29 is 5.11 Å². The van der Waals surface area contributed by atoms with Gasteiger partial charge in [0.05, 0.1) is 12.3 Å². The van der Waals surface area contributed by atoms with Crippen LogP contribution in [-0.2, 0) is 12.8 Å². The molecule has 1 aromatic heterocycles. The number of aliphatic hydroxyl groups excluding tert-OH is 1. The molecule has 0 fully saturated rings. The van der Waals surface area contributed by atoms with Crippen molar-refractivity contribution in [3.8, 4) is 0 Å². The third kappa shape index (κ3) is 1.34. The highest BCUT2D eigenvalue weighted by Gasteiger charge is 2.23. The van der Waals surface area contributed by atoms with Crippen molar-refractivity contribution in [2.45, 2.75) is 25.3 Å². The van der Waals surface area contributed by atoms with Gasteiger partial charge in [-0.2, -0.15) is 5.10 Å². The maximum Gasteiger partial charge on any atom is 0.105 e. The Kier molecular flexibility index (Phi) is 2.39. The average molecular weight is 193 g/mol. The summed E-state index contributed by atoms with van der Waals surface area (Å²) in [5.41, 5.74) is 11.3. The summed E-state index contributed by atoms with van der Waals surface area (Å²) in [4.78, 5) is 2.70. The number of nitrogens with one attached hydrogen (secondary N) is 1. The van der Waals surface area contributed by atoms with Crippen LogP contribution in [-0.4, -0.2) is 21.9 Å². The van der Waals surface area contributed by atoms with E-state index in [2.05, 4.69) is 20.2 Å². The van der Waals surface area contributed by atoms with Gasteiger partial charge in [0.15, 0.2) is 0 Å². The minimum absolute atomic E-state index is 0.193. The highest BCUT2D eigenvalue weighted by molar-refractivity contribution is 5.31. The molecule has 1 unspecified atom stereocenters. The first-order valence-electron chi connectivity index (χ1n) is 4.58. The summed E-state index contributed by atoms with van der Waals surface area (Å²) < 4.78 is 0. The lowest BCUT2D eigenvalue weighted by Crippen LogP contribution is -2.03. The first kappa shape index (κ1) is 9.05. The third-order valence-electron chi connectivity index (χ3n) is 2.52. The van der Waals surface area contributed by atoms with Crippen LogP contribution in [0.25, 0.3) is 10.4 Å². The molecular weight excluding hydrogens is 182 g/mol. The largest absolute Gasteiger partial charge is 0.396 e. The van der Waals surface area contributed by atoms with Gasteiger partial charge in [-0.25, -0.2) is 0 Å². The van der Waals surface area contributed by atoms with Gasteiger partial charge in [-0.15, -0.1) is 0 Å². The van der Waals surface area contributed by atoms with E-state index >= 15 is 0 Å². The van der Waals surface area contributed by atoms with Gasteiger partial charge in [0.2, 0.25) is 0 Å². The fourth-order valence-electron chi connectivity index (χ4n) is 1.86. The zero-order valence-corrected chi connectivity index (χ0v) is 7.64. The van der Waals surface area contributed by atoms with Crippen LogP contribution in [0.3, 0.4) is 0 Å². The number of fused-ring (bicyclic) bond motifs is 1. The SMILES string of the molecule is [N-]=[N+]=NC(CO)c1n[nH]c2c1CCC2. The fourth-order valence-corrected chi connectivity index (χ4v) is 1.86. The Morgan fingerprint density at radius 1 is 1.64 bits per heavy atom. The molecule has 0 spiro atoms. The number of rotatable bonds is 3. The summed E-state index contributed by atoms with van der Waals surface area (Å²) in [5.74, 6) is 0. The molecule has 0 bridgehead atoms. The normalized spacial score (nSPS) is 16.1. The highest BCUT2D eigenvalue weighted by Crippen LogP contribution is 2.28. The fraction of sp³-hybridized carbons (Fsp3) is 0.625. The molecule has 0 aromatic carbocycles. The number of aryl methyl sites for hydroxylation is 1. The molecule has 74 valence electrons. The lowest BCUT2D eigenvalue weighted by molar-refractivity contribution is 0.265. The Labute approximate surface area is 80.6 Å². The number of aliphatic hydroxyl groups is 1. The quantitative estimate of drug-likeness (QED) is 0.429. The predicted octanol–water partition coefficient (Wildman–Crippen LogP) is 1.24. The van der Waals surface area contributed by atoms with E-state index in [-0.39, 0.29) is 6.61 Å². The molecule has 2 rings (SSSR count). The molecule has 0 radical (unpaired) electrons. The number of hydrogen-bond acceptors (Lipinski definition) is 3. The number of aromatic nitrogens is 2. The van der Waals surface area contributed by atoms with Crippen LogP contribution in [0, 0.1) is 0 Å². The van der Waals surface area contributed by atoms with Crippen LogP contribution in [0.2, 0.25) is 0 Å². The summed E-state index contributed by atoms with van der Waals surface area (Å²) in [7, 11) is 0. The smallest absolute Gasteiger partial charge is 0.105 e. The average Bonchev–Trinajstić information content (AvgIpc) is 2.75. The summed E-state index contributed by atoms with van der Waals surface area (Å²) in [6, 6.07) is -0.543. The second-order valence-electron chi connectivity index (χ2n) is 3.32. The Morgan fingerprint density at radius 2 is 2.50 bits per heavy atom. The van der Waals surface area contributed by atoms with Crippen molar-refractivity contribution in [3.63, 3.8) is 0 Å². The predicted molar refractivity (Wildman–Crippen MR) is 49.6 cm³/mol. The summed E-state index contributed by atoms with van der Waals surface area (Å²) in [6.07, 6.45) is 3.06. The molecule has 1 aliphatic carbocycles. The van der Waals surface area contributed by atoms with Crippen molar-refractivity contribution >= 4 is 0 Å². The number of azide groups is 1. The molecule has 0 amide bonds. The zero-order valence-electron chi connectivity index (χ0n) is 7.64. The summed E-state index contributed by atoms with van der Waals surface area (Å²) in [6.45, 7) is -0.193. The Morgan fingerprint density at radius 3 is 3.21 bits per heavy atom. The second kappa shape index (κ2) is 3.69. The van der Waals surface area contributed by atoms with Gasteiger partial charge >= 0.3 is 0 Å². The maximum atomic E-state index is 9.04. The lowest BCUT2D eigenvalue weighted by Gasteiger charge is -2.04. The van der Waals surface area contributed by atoms with Crippen LogP contribution in [0.5, 0.6) is 0 Å². The second-order valence-corrected chi connectivity index (χ2v) is 3.32. The molecule has 1 atom stereocenters. The Hall–Kier alpha value is -1.52. The maximum absolute atomic E-state index is 9.04. The Bertz CT molecular complexity index is 379. The minimum Gasteiger partial charge on any atom is -0.396 e. The van der Waals surface area contributed by atoms with Crippen LogP contribution in [0.15, 0.2) is 5.11 Å². The number of nitrogens with zero attached hydrogens (tertiary/aromatic N) is 4. The molecule has 1 heterocycles. The molecule has 0 aliphatic heterocycles. The summed E-state index contributed by atoms with van der Waals surface area (Å²) >= 11 is 0. The van der Waals surface area contributed by atoms with Crippen LogP contribution in [0.4, 0.5) is 0 Å². The van der Waals surface area contributed by atoms with E-state index in [9.17, 15) is 0 Å². The molecule has 1 aromatic rings. The van der Waals surface area contributed by atoms with Gasteiger partial charge in [0, 0.05) is 10.6 Å². The molecule has 14 heavy (non-hydrogen) atoms. The van der Waals surface area contributed by atoms with Gasteiger partial charge in [0.1, 0.15) is 6.04 Å². The van der Waals surface area contributed by atoms with E-state index in [4.69, 9.17) is 10.6 Å². The van der Waals surface area contributed by atoms with Crippen molar-refractivity contribution in [2.24, 2.45) is 5.11 Å². The van der Waals surface area contributed by atoms with Gasteiger partial charge in [-0.3, -0.25) is 5.10 Å². The van der Waals surface area contributed by atoms with E-state index in [1.54, 1.807) is 0 Å². The van der Waals surface area contributed by atoms with Gasteiger partial charge in [-0.1, -0.05) is 5.11 Å². The Balaban J connectivity index is 2.35. The lowest BCUT2D eigenvalue weighted by atomic mass is 10.1. The van der Waals surface area contributed by atoms with Crippen LogP contribution >= 0.6 is 0 Å². The first-order valence-corrected chi connectivity index (χ1v) is 4.58. The van der Waals surface area contributed by atoms with Crippen molar-refractivity contribution in [1.82, 2.24) is 10.2 Å². The van der Waals surface area contributed by atoms with E-state index in [0.717, 1.165) is 30.5 Å². The molecular formula is C8H11N5O. The first-order chi connectivity index (χ1) is 6.86. The molecule has 0 saturated carbocycles. The van der Waals surface area contributed by atoms with E-state index in [1.165, 1.54) is 0 Å². The van der Waals surface area contributed by atoms with E-state index < -0.39 is 6.04 Å². The van der Waals surface area contributed by atoms with E-state index in [1.807, 2.05) is 0 Å². The molecule has 0 saturated heterocycles. The van der Waals surface area contributed by atoms with Crippen LogP contribution in [0.1, 0.15) is 29.4 Å². The standard InChI is InChI=1S/C8H11N5O/c9-13-11-7(4-14)8-5-2-1-3-6(5)10-12-8/h7,14H,1-4H2,(H,10,12). The summed E-state index contributed by atoms with van der Waals surface area (Å²) in [5, 5.41) is 19.5. The van der Waals surface area contributed by atoms with E-state index in [0.29, 0.717) is 5.69 Å². The van der Waals surface area contributed by atoms with Crippen molar-refractivity contribution in [3.05, 3.63) is 27.4 Å². The monoisotopic (exact) mass is 193 g/mol. The zero-order chi connectivity index (χ0) is 9.97. The van der Waals surface area contributed by atoms with Crippen molar-refractivity contribution in [2.75, 3.05) is 6.61 Å². The number of aromatic amines is 1. The molecule has 1 aliphatic rings. The van der Waals surface area contributed by atoms with Crippen LogP contribution < -0.4 is 0 Å². The molecule has 2 N–H and O–H groups in total. The van der Waals surface area contributed by atoms with Gasteiger partial charge in [0.25, 0.3) is 0 Å². The third-order valence-corrected chi connectivity index (χ3v) is 2.52. The van der Waals surface area contributed by atoms with Gasteiger partial charge < -0.3 is 5.11 Å². The van der Waals surface area contributed by atoms with Crippen molar-refractivity contribution in [1.29, 1.82) is 0 Å². The molecule has 6 nitrogen and oxygen atoms in total. The highest BCUT2D eigenvalue weighted by atomic mass is 16.3. The number of hydrogen-bond donors (Lipinski definition) is 2. The topological polar surface area (TPSA) is 97.7 Å². The number of H-pyrrole nitrogens is 1. The minimum atomic E-state index is -0.543.